The van der Waals surface area contributed by atoms with E-state index < -0.39 is 0 Å². The first-order valence-electron chi connectivity index (χ1n) is 7.93. The van der Waals surface area contributed by atoms with Gasteiger partial charge in [-0.05, 0) is 41.3 Å². The van der Waals surface area contributed by atoms with Crippen LogP contribution in [0.5, 0.6) is 0 Å². The Bertz CT molecular complexity index is 937. The van der Waals surface area contributed by atoms with Crippen molar-refractivity contribution in [3.05, 3.63) is 105 Å². The van der Waals surface area contributed by atoms with Gasteiger partial charge in [-0.2, -0.15) is 0 Å². The van der Waals surface area contributed by atoms with Crippen LogP contribution in [0.4, 0.5) is 4.39 Å². The van der Waals surface area contributed by atoms with Crippen molar-refractivity contribution >= 4 is 18.2 Å². The van der Waals surface area contributed by atoms with E-state index in [2.05, 4.69) is 9.98 Å². The highest BCUT2D eigenvalue weighted by Gasteiger charge is 2.11. The van der Waals surface area contributed by atoms with Crippen molar-refractivity contribution in [3.63, 3.8) is 0 Å². The number of nitrogens with zero attached hydrogens (tertiary/aromatic N) is 1. The minimum Gasteiger partial charge on any atom is -0.383 e. The van der Waals surface area contributed by atoms with E-state index >= 15 is 0 Å². The zero-order chi connectivity index (χ0) is 17.6. The van der Waals surface area contributed by atoms with Crippen LogP contribution in [0.2, 0.25) is 0 Å². The Balaban J connectivity index is 0.00000243. The molecule has 0 saturated heterocycles. The van der Waals surface area contributed by atoms with Crippen LogP contribution in [0.1, 0.15) is 22.3 Å². The summed E-state index contributed by atoms with van der Waals surface area (Å²) in [7, 11) is 0. The van der Waals surface area contributed by atoms with Crippen LogP contribution in [-0.4, -0.2) is 10.8 Å². The molecule has 134 valence electrons. The number of H-pyrrole nitrogens is 1. The molecular weight excluding hydrogens is 353 g/mol. The molecule has 3 aromatic rings. The van der Waals surface area contributed by atoms with Gasteiger partial charge in [-0.15, -0.1) is 12.4 Å². The average molecular weight is 372 g/mol. The molecule has 26 heavy (non-hydrogen) atoms. The molecule has 0 radical (unpaired) electrons. The molecule has 2 aromatic carbocycles. The molecule has 0 aliphatic carbocycles. The lowest BCUT2D eigenvalue weighted by Gasteiger charge is -2.08. The van der Waals surface area contributed by atoms with Gasteiger partial charge in [0.25, 0.3) is 5.56 Å². The molecule has 0 unspecified atom stereocenters. The maximum Gasteiger partial charge on any atom is 0.259 e. The van der Waals surface area contributed by atoms with E-state index in [-0.39, 0.29) is 36.2 Å². The van der Waals surface area contributed by atoms with Gasteiger partial charge in [0, 0.05) is 6.20 Å². The fraction of sp³-hybridized carbons (Fsp3) is 0.100. The van der Waals surface area contributed by atoms with Gasteiger partial charge in [-0.1, -0.05) is 42.5 Å². The Morgan fingerprint density at radius 2 is 1.69 bits per heavy atom. The van der Waals surface area contributed by atoms with Crippen LogP contribution in [0, 0.1) is 5.82 Å². The molecule has 0 aliphatic rings. The van der Waals surface area contributed by atoms with Crippen molar-refractivity contribution in [3.8, 4) is 0 Å². The Hall–Kier alpha value is -2.92. The van der Waals surface area contributed by atoms with Crippen molar-refractivity contribution < 1.29 is 4.39 Å². The first-order chi connectivity index (χ1) is 12.1. The fourth-order valence-electron chi connectivity index (χ4n) is 2.61. The highest BCUT2D eigenvalue weighted by molar-refractivity contribution is 5.98. The van der Waals surface area contributed by atoms with Crippen LogP contribution in [0.25, 0.3) is 0 Å². The Morgan fingerprint density at radius 3 is 2.38 bits per heavy atom. The smallest absolute Gasteiger partial charge is 0.259 e. The number of hydrogen-bond donors (Lipinski definition) is 2. The van der Waals surface area contributed by atoms with Gasteiger partial charge in [0.2, 0.25) is 0 Å². The summed E-state index contributed by atoms with van der Waals surface area (Å²) in [5.74, 6) is -0.123. The lowest BCUT2D eigenvalue weighted by molar-refractivity contribution is 0.627. The van der Waals surface area contributed by atoms with Gasteiger partial charge >= 0.3 is 0 Å². The normalized spacial score (nSPS) is 11.0. The summed E-state index contributed by atoms with van der Waals surface area (Å²) in [6.45, 7) is 0.283. The summed E-state index contributed by atoms with van der Waals surface area (Å²) < 4.78 is 13.0. The average Bonchev–Trinajstić information content (AvgIpc) is 2.62. The number of benzene rings is 2. The lowest BCUT2D eigenvalue weighted by Crippen LogP contribution is -2.27. The molecule has 0 bridgehead atoms. The zero-order valence-corrected chi connectivity index (χ0v) is 14.8. The molecule has 0 aliphatic heterocycles. The van der Waals surface area contributed by atoms with Gasteiger partial charge in [0.05, 0.1) is 12.1 Å². The maximum atomic E-state index is 13.0. The topological polar surface area (TPSA) is 71.2 Å². The third-order valence-corrected chi connectivity index (χ3v) is 3.89. The molecule has 3 N–H and O–H groups in total. The van der Waals surface area contributed by atoms with Crippen molar-refractivity contribution in [1.29, 1.82) is 0 Å². The highest BCUT2D eigenvalue weighted by atomic mass is 35.5. The first kappa shape index (κ1) is 19.4. The summed E-state index contributed by atoms with van der Waals surface area (Å²) in [5, 5.41) is 0. The molecule has 6 heteroatoms. The number of pyridine rings is 1. The predicted molar refractivity (Wildman–Crippen MR) is 104 cm³/mol. The number of hydrogen-bond acceptors (Lipinski definition) is 2. The molecule has 4 nitrogen and oxygen atoms in total. The quantitative estimate of drug-likeness (QED) is 0.532. The molecule has 1 aromatic heterocycles. The van der Waals surface area contributed by atoms with E-state index in [0.717, 1.165) is 16.7 Å². The SMILES string of the molecule is Cl.NC(=NCc1ccc(F)cc1)c1c(Cc2ccccc2)cc[nH]c1=O. The second kappa shape index (κ2) is 8.97. The summed E-state index contributed by atoms with van der Waals surface area (Å²) >= 11 is 0. The van der Waals surface area contributed by atoms with Crippen LogP contribution in [-0.2, 0) is 13.0 Å². The van der Waals surface area contributed by atoms with Crippen molar-refractivity contribution in [1.82, 2.24) is 4.98 Å². The lowest BCUT2D eigenvalue weighted by atomic mass is 10.0. The Labute approximate surface area is 157 Å². The minimum atomic E-state index is -0.301. The molecule has 0 spiro atoms. The number of halogens is 2. The molecule has 1 heterocycles. The van der Waals surface area contributed by atoms with Crippen molar-refractivity contribution in [2.45, 2.75) is 13.0 Å². The van der Waals surface area contributed by atoms with Crippen LogP contribution in [0.15, 0.2) is 76.6 Å². The summed E-state index contributed by atoms with van der Waals surface area (Å²) in [6.07, 6.45) is 2.20. The molecule has 3 rings (SSSR count). The minimum absolute atomic E-state index is 0. The van der Waals surface area contributed by atoms with Crippen molar-refractivity contribution in [2.24, 2.45) is 10.7 Å². The van der Waals surface area contributed by atoms with E-state index in [4.69, 9.17) is 5.73 Å². The van der Waals surface area contributed by atoms with Crippen molar-refractivity contribution in [2.75, 3.05) is 0 Å². The summed E-state index contributed by atoms with van der Waals surface area (Å²) in [5.41, 5.74) is 8.92. The number of aliphatic imine (C=N–C) groups is 1. The van der Waals surface area contributed by atoms with E-state index in [0.29, 0.717) is 12.0 Å². The summed E-state index contributed by atoms with van der Waals surface area (Å²) in [6, 6.07) is 17.7. The molecule has 0 atom stereocenters. The third-order valence-electron chi connectivity index (χ3n) is 3.89. The van der Waals surface area contributed by atoms with Gasteiger partial charge in [-0.3, -0.25) is 9.79 Å². The van der Waals surface area contributed by atoms with E-state index in [1.807, 2.05) is 36.4 Å². The van der Waals surface area contributed by atoms with E-state index in [1.165, 1.54) is 12.1 Å². The van der Waals surface area contributed by atoms with Gasteiger partial charge < -0.3 is 10.7 Å². The molecule has 0 saturated carbocycles. The largest absolute Gasteiger partial charge is 0.383 e. The van der Waals surface area contributed by atoms with Crippen LogP contribution in [0.3, 0.4) is 0 Å². The van der Waals surface area contributed by atoms with Crippen LogP contribution >= 0.6 is 12.4 Å². The number of aromatic amines is 1. The second-order valence-corrected chi connectivity index (χ2v) is 5.70. The monoisotopic (exact) mass is 371 g/mol. The number of aromatic nitrogens is 1. The van der Waals surface area contributed by atoms with Gasteiger partial charge in [0.1, 0.15) is 11.7 Å². The number of nitrogens with one attached hydrogen (secondary N) is 1. The van der Waals surface area contributed by atoms with Crippen LogP contribution < -0.4 is 11.3 Å². The number of nitrogens with two attached hydrogens (primary N) is 1. The van der Waals surface area contributed by atoms with E-state index in [1.54, 1.807) is 18.3 Å². The Kier molecular flexibility index (Phi) is 6.69. The van der Waals surface area contributed by atoms with Gasteiger partial charge in [0.15, 0.2) is 0 Å². The standard InChI is InChI=1S/C20H18FN3O.ClH/c21-17-8-6-15(7-9-17)13-24-19(22)18-16(10-11-23-20(18)25)12-14-4-2-1-3-5-14;/h1-11H,12-13H2,(H2,22,24)(H,23,25);1H. The molecule has 0 amide bonds. The van der Waals surface area contributed by atoms with E-state index in [9.17, 15) is 9.18 Å². The first-order valence-corrected chi connectivity index (χ1v) is 7.93. The fourth-order valence-corrected chi connectivity index (χ4v) is 2.61. The highest BCUT2D eigenvalue weighted by Crippen LogP contribution is 2.12. The Morgan fingerprint density at radius 1 is 1.00 bits per heavy atom. The zero-order valence-electron chi connectivity index (χ0n) is 14.0. The predicted octanol–water partition coefficient (Wildman–Crippen LogP) is 3.43. The molecular formula is C20H19ClFN3O. The third kappa shape index (κ3) is 4.80. The maximum absolute atomic E-state index is 13.0. The number of amidine groups is 1. The second-order valence-electron chi connectivity index (χ2n) is 5.70. The van der Waals surface area contributed by atoms with Gasteiger partial charge in [-0.25, -0.2) is 4.39 Å². The molecule has 0 fully saturated rings. The number of rotatable bonds is 5. The summed E-state index contributed by atoms with van der Waals surface area (Å²) in [4.78, 5) is 19.2.